The Labute approximate surface area is 143 Å². The molecule has 1 heterocycles. The van der Waals surface area contributed by atoms with Crippen LogP contribution in [0.15, 0.2) is 23.4 Å². The molecule has 0 aliphatic carbocycles. The normalized spacial score (nSPS) is 12.2. The fourth-order valence-corrected chi connectivity index (χ4v) is 3.08. The third-order valence-corrected chi connectivity index (χ3v) is 4.38. The largest absolute Gasteiger partial charge is 0.482 e. The van der Waals surface area contributed by atoms with Crippen molar-refractivity contribution >= 4 is 29.3 Å². The number of nitrogens with zero attached hydrogens (tertiary/aromatic N) is 3. The van der Waals surface area contributed by atoms with Gasteiger partial charge in [0.15, 0.2) is 17.1 Å². The SMILES string of the molecule is CCn1c(SCC(=O)O)nnc1C(C)Oc1ccc(Cl)cc1C. The molecule has 1 aromatic heterocycles. The quantitative estimate of drug-likeness (QED) is 0.765. The monoisotopic (exact) mass is 355 g/mol. The predicted molar refractivity (Wildman–Crippen MR) is 89.3 cm³/mol. The highest BCUT2D eigenvalue weighted by Gasteiger charge is 2.19. The van der Waals surface area contributed by atoms with Gasteiger partial charge in [0, 0.05) is 11.6 Å². The molecular weight excluding hydrogens is 338 g/mol. The summed E-state index contributed by atoms with van der Waals surface area (Å²) in [7, 11) is 0. The molecule has 124 valence electrons. The first-order chi connectivity index (χ1) is 10.9. The van der Waals surface area contributed by atoms with Crippen molar-refractivity contribution in [2.24, 2.45) is 0 Å². The average molecular weight is 356 g/mol. The van der Waals surface area contributed by atoms with Crippen LogP contribution >= 0.6 is 23.4 Å². The molecule has 0 fully saturated rings. The molecule has 0 aliphatic rings. The van der Waals surface area contributed by atoms with E-state index in [1.165, 1.54) is 0 Å². The molecule has 2 aromatic rings. The van der Waals surface area contributed by atoms with Crippen LogP contribution in [0.5, 0.6) is 5.75 Å². The van der Waals surface area contributed by atoms with E-state index >= 15 is 0 Å². The molecule has 23 heavy (non-hydrogen) atoms. The second-order valence-corrected chi connectivity index (χ2v) is 6.32. The highest BCUT2D eigenvalue weighted by molar-refractivity contribution is 7.99. The number of benzene rings is 1. The minimum Gasteiger partial charge on any atom is -0.482 e. The summed E-state index contributed by atoms with van der Waals surface area (Å²) in [5.41, 5.74) is 0.937. The van der Waals surface area contributed by atoms with E-state index in [2.05, 4.69) is 10.2 Å². The number of rotatable bonds is 7. The maximum absolute atomic E-state index is 10.7. The number of aromatic nitrogens is 3. The third kappa shape index (κ3) is 4.39. The molecule has 1 N–H and O–H groups in total. The zero-order chi connectivity index (χ0) is 17.0. The number of aryl methyl sites for hydroxylation is 1. The van der Waals surface area contributed by atoms with E-state index in [-0.39, 0.29) is 11.9 Å². The highest BCUT2D eigenvalue weighted by atomic mass is 35.5. The Kier molecular flexibility index (Phi) is 5.90. The van der Waals surface area contributed by atoms with Gasteiger partial charge in [-0.15, -0.1) is 10.2 Å². The smallest absolute Gasteiger partial charge is 0.313 e. The molecule has 8 heteroatoms. The van der Waals surface area contributed by atoms with Crippen molar-refractivity contribution in [3.05, 3.63) is 34.6 Å². The van der Waals surface area contributed by atoms with Crippen LogP contribution in [0.25, 0.3) is 0 Å². The van der Waals surface area contributed by atoms with Crippen molar-refractivity contribution in [2.75, 3.05) is 5.75 Å². The van der Waals surface area contributed by atoms with E-state index in [9.17, 15) is 4.79 Å². The van der Waals surface area contributed by atoms with Gasteiger partial charge in [-0.1, -0.05) is 23.4 Å². The predicted octanol–water partition coefficient (Wildman–Crippen LogP) is 3.58. The number of ether oxygens (including phenoxy) is 1. The summed E-state index contributed by atoms with van der Waals surface area (Å²) in [6.07, 6.45) is -0.318. The lowest BCUT2D eigenvalue weighted by atomic mass is 10.2. The molecule has 6 nitrogen and oxygen atoms in total. The van der Waals surface area contributed by atoms with Gasteiger partial charge in [-0.05, 0) is 44.5 Å². The Morgan fingerprint density at radius 2 is 2.22 bits per heavy atom. The molecule has 0 aliphatic heterocycles. The first-order valence-electron chi connectivity index (χ1n) is 7.12. The van der Waals surface area contributed by atoms with Crippen LogP contribution in [0.1, 0.15) is 31.3 Å². The lowest BCUT2D eigenvalue weighted by Crippen LogP contribution is -2.12. The summed E-state index contributed by atoms with van der Waals surface area (Å²) in [5, 5.41) is 18.3. The molecule has 0 amide bonds. The van der Waals surface area contributed by atoms with Crippen molar-refractivity contribution in [3.8, 4) is 5.75 Å². The van der Waals surface area contributed by atoms with Crippen molar-refractivity contribution in [3.63, 3.8) is 0 Å². The standard InChI is InChI=1S/C15H18ClN3O3S/c1-4-19-14(17-18-15(19)23-8-13(20)21)10(3)22-12-6-5-11(16)7-9(12)2/h5-7,10H,4,8H2,1-3H3,(H,20,21). The number of hydrogen-bond donors (Lipinski definition) is 1. The molecule has 0 bridgehead atoms. The van der Waals surface area contributed by atoms with Crippen LogP contribution in [0, 0.1) is 6.92 Å². The highest BCUT2D eigenvalue weighted by Crippen LogP contribution is 2.28. The number of carboxylic acids is 1. The van der Waals surface area contributed by atoms with E-state index in [1.54, 1.807) is 6.07 Å². The van der Waals surface area contributed by atoms with Gasteiger partial charge in [0.1, 0.15) is 5.75 Å². The Balaban J connectivity index is 2.18. The minimum atomic E-state index is -0.886. The first kappa shape index (κ1) is 17.6. The Morgan fingerprint density at radius 3 is 2.83 bits per heavy atom. The summed E-state index contributed by atoms with van der Waals surface area (Å²) < 4.78 is 7.82. The number of halogens is 1. The van der Waals surface area contributed by atoms with Crippen molar-refractivity contribution < 1.29 is 14.6 Å². The molecule has 0 saturated carbocycles. The number of carbonyl (C=O) groups is 1. The van der Waals surface area contributed by atoms with Gasteiger partial charge in [0.2, 0.25) is 0 Å². The van der Waals surface area contributed by atoms with Crippen LogP contribution in [-0.2, 0) is 11.3 Å². The Hall–Kier alpha value is -1.73. The second kappa shape index (κ2) is 7.70. The molecule has 0 saturated heterocycles. The molecule has 1 atom stereocenters. The topological polar surface area (TPSA) is 77.2 Å². The molecule has 0 radical (unpaired) electrons. The van der Waals surface area contributed by atoms with Gasteiger partial charge in [-0.3, -0.25) is 4.79 Å². The van der Waals surface area contributed by atoms with Crippen LogP contribution in [0.3, 0.4) is 0 Å². The number of carboxylic acid groups (broad SMARTS) is 1. The van der Waals surface area contributed by atoms with Gasteiger partial charge < -0.3 is 14.4 Å². The lowest BCUT2D eigenvalue weighted by Gasteiger charge is -2.17. The molecule has 2 rings (SSSR count). The molecule has 1 aromatic carbocycles. The second-order valence-electron chi connectivity index (χ2n) is 4.94. The van der Waals surface area contributed by atoms with Gasteiger partial charge in [-0.2, -0.15) is 0 Å². The van der Waals surface area contributed by atoms with Gasteiger partial charge in [0.25, 0.3) is 0 Å². The van der Waals surface area contributed by atoms with Crippen molar-refractivity contribution in [1.82, 2.24) is 14.8 Å². The fraction of sp³-hybridized carbons (Fsp3) is 0.400. The average Bonchev–Trinajstić information content (AvgIpc) is 2.90. The van der Waals surface area contributed by atoms with Gasteiger partial charge in [-0.25, -0.2) is 0 Å². The van der Waals surface area contributed by atoms with Crippen molar-refractivity contribution in [1.29, 1.82) is 0 Å². The number of thioether (sulfide) groups is 1. The van der Waals surface area contributed by atoms with E-state index in [0.29, 0.717) is 22.5 Å². The maximum atomic E-state index is 10.7. The van der Waals surface area contributed by atoms with Crippen LogP contribution in [0.2, 0.25) is 5.02 Å². The van der Waals surface area contributed by atoms with E-state index in [0.717, 1.165) is 23.1 Å². The summed E-state index contributed by atoms with van der Waals surface area (Å²) in [6, 6.07) is 5.43. The molecule has 0 spiro atoms. The van der Waals surface area contributed by atoms with E-state index in [4.69, 9.17) is 21.4 Å². The lowest BCUT2D eigenvalue weighted by molar-refractivity contribution is -0.133. The fourth-order valence-electron chi connectivity index (χ4n) is 2.12. The van der Waals surface area contributed by atoms with Crippen LogP contribution in [0.4, 0.5) is 0 Å². The Morgan fingerprint density at radius 1 is 1.48 bits per heavy atom. The summed E-state index contributed by atoms with van der Waals surface area (Å²) >= 11 is 7.10. The molecule has 1 unspecified atom stereocenters. The van der Waals surface area contributed by atoms with E-state index in [1.807, 2.05) is 37.5 Å². The third-order valence-electron chi connectivity index (χ3n) is 3.19. The molecular formula is C15H18ClN3O3S. The Bertz CT molecular complexity index is 705. The van der Waals surface area contributed by atoms with Crippen LogP contribution < -0.4 is 4.74 Å². The zero-order valence-electron chi connectivity index (χ0n) is 13.1. The van der Waals surface area contributed by atoms with Gasteiger partial charge >= 0.3 is 5.97 Å². The van der Waals surface area contributed by atoms with Crippen molar-refractivity contribution in [2.45, 2.75) is 38.6 Å². The van der Waals surface area contributed by atoms with E-state index < -0.39 is 5.97 Å². The summed E-state index contributed by atoms with van der Waals surface area (Å²) in [5.74, 6) is 0.453. The first-order valence-corrected chi connectivity index (χ1v) is 8.49. The number of hydrogen-bond acceptors (Lipinski definition) is 5. The van der Waals surface area contributed by atoms with Gasteiger partial charge in [0.05, 0.1) is 5.75 Å². The zero-order valence-corrected chi connectivity index (χ0v) is 14.7. The maximum Gasteiger partial charge on any atom is 0.313 e. The summed E-state index contributed by atoms with van der Waals surface area (Å²) in [6.45, 7) is 6.40. The number of aliphatic carboxylic acids is 1. The van der Waals surface area contributed by atoms with Crippen LogP contribution in [-0.4, -0.2) is 31.6 Å². The minimum absolute atomic E-state index is 0.0519. The summed E-state index contributed by atoms with van der Waals surface area (Å²) in [4.78, 5) is 10.7.